The van der Waals surface area contributed by atoms with Crippen molar-refractivity contribution in [2.45, 2.75) is 32.5 Å². The second-order valence-electron chi connectivity index (χ2n) is 7.03. The first kappa shape index (κ1) is 22.1. The lowest BCUT2D eigenvalue weighted by Crippen LogP contribution is -2.15. The van der Waals surface area contributed by atoms with E-state index in [0.29, 0.717) is 23.3 Å². The van der Waals surface area contributed by atoms with Crippen LogP contribution in [-0.4, -0.2) is 26.4 Å². The van der Waals surface area contributed by atoms with Crippen LogP contribution in [0.2, 0.25) is 0 Å². The number of amides is 1. The van der Waals surface area contributed by atoms with E-state index in [2.05, 4.69) is 47.4 Å². The highest BCUT2D eigenvalue weighted by molar-refractivity contribution is 9.10. The van der Waals surface area contributed by atoms with E-state index >= 15 is 0 Å². The molecule has 0 fully saturated rings. The van der Waals surface area contributed by atoms with Gasteiger partial charge in [0.2, 0.25) is 11.7 Å². The van der Waals surface area contributed by atoms with Gasteiger partial charge in [-0.05, 0) is 68.3 Å². The van der Waals surface area contributed by atoms with Crippen molar-refractivity contribution >= 4 is 66.2 Å². The molecule has 4 rings (SSSR count). The van der Waals surface area contributed by atoms with E-state index in [1.54, 1.807) is 0 Å². The number of aromatic nitrogens is 3. The average molecular weight is 564 g/mol. The number of furan rings is 1. The molecule has 0 unspecified atom stereocenters. The molecule has 6 nitrogen and oxygen atoms in total. The zero-order valence-corrected chi connectivity index (χ0v) is 21.2. The molecule has 0 aliphatic heterocycles. The van der Waals surface area contributed by atoms with Crippen LogP contribution in [0.25, 0.3) is 22.6 Å². The number of thioether (sulfide) groups is 1. The van der Waals surface area contributed by atoms with Crippen LogP contribution in [-0.2, 0) is 11.3 Å². The minimum Gasteiger partial charge on any atom is -0.453 e. The predicted octanol–water partition coefficient (Wildman–Crippen LogP) is 6.58. The van der Waals surface area contributed by atoms with Gasteiger partial charge in [0.1, 0.15) is 5.58 Å². The van der Waals surface area contributed by atoms with Crippen LogP contribution >= 0.6 is 43.6 Å². The molecule has 0 bridgehead atoms. The maximum Gasteiger partial charge on any atom is 0.234 e. The Bertz CT molecular complexity index is 1280. The molecule has 0 saturated heterocycles. The van der Waals surface area contributed by atoms with Crippen LogP contribution in [0, 0.1) is 13.8 Å². The van der Waals surface area contributed by atoms with Crippen molar-refractivity contribution in [2.75, 3.05) is 11.1 Å². The second kappa shape index (κ2) is 9.18. The molecule has 2 aromatic heterocycles. The van der Waals surface area contributed by atoms with Crippen LogP contribution in [0.3, 0.4) is 0 Å². The summed E-state index contributed by atoms with van der Waals surface area (Å²) in [5.41, 5.74) is 3.76. The lowest BCUT2D eigenvalue weighted by molar-refractivity contribution is -0.113. The SMILES string of the molecule is CCn1c(SCC(=O)Nc2ccc(Br)c(C)c2C)nnc1-c1cc2cc(Br)ccc2o1. The Morgan fingerprint density at radius 3 is 2.71 bits per heavy atom. The topological polar surface area (TPSA) is 73.0 Å². The van der Waals surface area contributed by atoms with E-state index in [1.165, 1.54) is 11.8 Å². The molecule has 0 spiro atoms. The molecule has 1 amide bonds. The van der Waals surface area contributed by atoms with Crippen LogP contribution in [0.4, 0.5) is 5.69 Å². The number of hydrogen-bond acceptors (Lipinski definition) is 5. The summed E-state index contributed by atoms with van der Waals surface area (Å²) in [6.07, 6.45) is 0. The van der Waals surface area contributed by atoms with Gasteiger partial charge in [0, 0.05) is 26.6 Å². The Labute approximate surface area is 201 Å². The average Bonchev–Trinajstić information content (AvgIpc) is 3.35. The molecule has 31 heavy (non-hydrogen) atoms. The fourth-order valence-electron chi connectivity index (χ4n) is 3.23. The summed E-state index contributed by atoms with van der Waals surface area (Å²) in [6.45, 7) is 6.70. The Hall–Kier alpha value is -2.10. The molecule has 9 heteroatoms. The largest absolute Gasteiger partial charge is 0.453 e. The summed E-state index contributed by atoms with van der Waals surface area (Å²) in [4.78, 5) is 12.5. The fourth-order valence-corrected chi connectivity index (χ4v) is 4.84. The number of nitrogens with zero attached hydrogens (tertiary/aromatic N) is 3. The van der Waals surface area contributed by atoms with E-state index in [1.807, 2.05) is 61.7 Å². The molecule has 0 saturated carbocycles. The van der Waals surface area contributed by atoms with Crippen molar-refractivity contribution in [3.63, 3.8) is 0 Å². The normalized spacial score (nSPS) is 11.3. The molecule has 1 N–H and O–H groups in total. The van der Waals surface area contributed by atoms with Crippen molar-refractivity contribution in [1.82, 2.24) is 14.8 Å². The van der Waals surface area contributed by atoms with Crippen LogP contribution in [0.5, 0.6) is 0 Å². The molecular weight excluding hydrogens is 544 g/mol. The molecule has 0 aliphatic rings. The summed E-state index contributed by atoms with van der Waals surface area (Å²) in [7, 11) is 0. The number of benzene rings is 2. The zero-order valence-electron chi connectivity index (χ0n) is 17.2. The summed E-state index contributed by atoms with van der Waals surface area (Å²) in [5.74, 6) is 1.45. The minimum absolute atomic E-state index is 0.0874. The second-order valence-corrected chi connectivity index (χ2v) is 9.74. The van der Waals surface area contributed by atoms with Crippen molar-refractivity contribution in [3.8, 4) is 11.6 Å². The molecule has 0 radical (unpaired) electrons. The molecular formula is C22H20Br2N4O2S. The van der Waals surface area contributed by atoms with Gasteiger partial charge in [0.25, 0.3) is 0 Å². The van der Waals surface area contributed by atoms with Crippen molar-refractivity contribution in [2.24, 2.45) is 0 Å². The van der Waals surface area contributed by atoms with E-state index < -0.39 is 0 Å². The van der Waals surface area contributed by atoms with E-state index in [0.717, 1.165) is 36.7 Å². The Morgan fingerprint density at radius 2 is 1.94 bits per heavy atom. The maximum absolute atomic E-state index is 12.5. The van der Waals surface area contributed by atoms with Crippen LogP contribution in [0.1, 0.15) is 18.1 Å². The first-order valence-corrected chi connectivity index (χ1v) is 12.3. The van der Waals surface area contributed by atoms with E-state index in [4.69, 9.17) is 4.42 Å². The van der Waals surface area contributed by atoms with Gasteiger partial charge >= 0.3 is 0 Å². The highest BCUT2D eigenvalue weighted by Crippen LogP contribution is 2.31. The lowest BCUT2D eigenvalue weighted by Gasteiger charge is -2.12. The van der Waals surface area contributed by atoms with Gasteiger partial charge in [-0.15, -0.1) is 10.2 Å². The summed E-state index contributed by atoms with van der Waals surface area (Å²) in [5, 5.41) is 13.3. The molecule has 2 heterocycles. The fraction of sp³-hybridized carbons (Fsp3) is 0.227. The van der Waals surface area contributed by atoms with Crippen LogP contribution in [0.15, 0.2) is 54.9 Å². The standard InChI is InChI=1S/C22H20Br2N4O2S/c1-4-28-21(19-10-14-9-15(23)5-8-18(14)30-19)26-27-22(28)31-11-20(29)25-17-7-6-16(24)12(2)13(17)3/h5-10H,4,11H2,1-3H3,(H,25,29). The van der Waals surface area contributed by atoms with E-state index in [-0.39, 0.29) is 11.7 Å². The number of fused-ring (bicyclic) bond motifs is 1. The third-order valence-corrected chi connectivity index (χ3v) is 7.38. The number of halogens is 2. The van der Waals surface area contributed by atoms with Gasteiger partial charge in [-0.3, -0.25) is 9.36 Å². The number of carbonyl (C=O) groups is 1. The van der Waals surface area contributed by atoms with Gasteiger partial charge in [-0.2, -0.15) is 0 Å². The third-order valence-electron chi connectivity index (χ3n) is 5.06. The Balaban J connectivity index is 1.50. The first-order chi connectivity index (χ1) is 14.9. The van der Waals surface area contributed by atoms with Gasteiger partial charge < -0.3 is 9.73 Å². The summed E-state index contributed by atoms with van der Waals surface area (Å²) in [6, 6.07) is 11.7. The Kier molecular flexibility index (Phi) is 6.55. The number of anilines is 1. The number of nitrogens with one attached hydrogen (secondary N) is 1. The van der Waals surface area contributed by atoms with Gasteiger partial charge in [0.15, 0.2) is 10.9 Å². The monoisotopic (exact) mass is 562 g/mol. The molecule has 160 valence electrons. The van der Waals surface area contributed by atoms with Crippen LogP contribution < -0.4 is 5.32 Å². The maximum atomic E-state index is 12.5. The Morgan fingerprint density at radius 1 is 1.13 bits per heavy atom. The molecule has 0 atom stereocenters. The smallest absolute Gasteiger partial charge is 0.234 e. The third kappa shape index (κ3) is 4.58. The van der Waals surface area contributed by atoms with E-state index in [9.17, 15) is 4.79 Å². The van der Waals surface area contributed by atoms with Crippen molar-refractivity contribution < 1.29 is 9.21 Å². The van der Waals surface area contributed by atoms with Crippen molar-refractivity contribution in [3.05, 3.63) is 56.5 Å². The highest BCUT2D eigenvalue weighted by atomic mass is 79.9. The molecule has 4 aromatic rings. The molecule has 0 aliphatic carbocycles. The number of rotatable bonds is 6. The highest BCUT2D eigenvalue weighted by Gasteiger charge is 2.18. The quantitative estimate of drug-likeness (QED) is 0.268. The zero-order chi connectivity index (χ0) is 22.1. The number of hydrogen-bond donors (Lipinski definition) is 1. The summed E-state index contributed by atoms with van der Waals surface area (Å²) < 4.78 is 9.94. The van der Waals surface area contributed by atoms with Crippen molar-refractivity contribution in [1.29, 1.82) is 0 Å². The summed E-state index contributed by atoms with van der Waals surface area (Å²) >= 11 is 8.35. The first-order valence-electron chi connectivity index (χ1n) is 9.68. The lowest BCUT2D eigenvalue weighted by atomic mass is 10.1. The minimum atomic E-state index is -0.0874. The van der Waals surface area contributed by atoms with Gasteiger partial charge in [0.05, 0.1) is 5.75 Å². The van der Waals surface area contributed by atoms with Gasteiger partial charge in [-0.25, -0.2) is 0 Å². The van der Waals surface area contributed by atoms with Gasteiger partial charge in [-0.1, -0.05) is 43.6 Å². The molecule has 2 aromatic carbocycles. The predicted molar refractivity (Wildman–Crippen MR) is 132 cm³/mol. The number of carbonyl (C=O) groups excluding carboxylic acids is 1.